The second-order valence-electron chi connectivity index (χ2n) is 8.47. The van der Waals surface area contributed by atoms with Crippen LogP contribution in [0.1, 0.15) is 41.5 Å². The molecule has 0 aromatic heterocycles. The number of carbonyl (C=O) groups is 1. The van der Waals surface area contributed by atoms with E-state index in [1.165, 1.54) is 0 Å². The van der Waals surface area contributed by atoms with Crippen LogP contribution in [-0.2, 0) is 14.6 Å². The molecule has 1 N–H and O–H groups in total. The smallest absolute Gasteiger partial charge is 0.407 e. The van der Waals surface area contributed by atoms with Crippen molar-refractivity contribution in [1.82, 2.24) is 10.2 Å². The van der Waals surface area contributed by atoms with Crippen LogP contribution < -0.4 is 5.32 Å². The lowest BCUT2D eigenvalue weighted by Crippen LogP contribution is -2.44. The summed E-state index contributed by atoms with van der Waals surface area (Å²) in [4.78, 5) is 14.0. The van der Waals surface area contributed by atoms with Crippen LogP contribution >= 0.6 is 0 Å². The molecule has 1 unspecified atom stereocenters. The normalized spacial score (nSPS) is 23.1. The maximum absolute atomic E-state index is 11.8. The van der Waals surface area contributed by atoms with E-state index in [2.05, 4.69) is 24.1 Å². The lowest BCUT2D eigenvalue weighted by atomic mass is 9.92. The van der Waals surface area contributed by atoms with E-state index in [-0.39, 0.29) is 22.8 Å². The van der Waals surface area contributed by atoms with Gasteiger partial charge in [-0.15, -0.1) is 0 Å². The van der Waals surface area contributed by atoms with Crippen molar-refractivity contribution in [2.45, 2.75) is 47.1 Å². The molecule has 1 heterocycles. The van der Waals surface area contributed by atoms with Gasteiger partial charge in [0.15, 0.2) is 9.84 Å². The zero-order chi connectivity index (χ0) is 17.9. The largest absolute Gasteiger partial charge is 0.444 e. The van der Waals surface area contributed by atoms with E-state index in [1.54, 1.807) is 0 Å². The molecule has 0 saturated carbocycles. The lowest BCUT2D eigenvalue weighted by molar-refractivity contribution is 0.0494. The molecule has 1 rings (SSSR count). The Balaban J connectivity index is 2.52. The zero-order valence-electron chi connectivity index (χ0n) is 15.3. The number of alkyl carbamates (subject to hydrolysis) is 1. The van der Waals surface area contributed by atoms with Gasteiger partial charge in [0.1, 0.15) is 5.60 Å². The number of hydrogen-bond donors (Lipinski definition) is 1. The summed E-state index contributed by atoms with van der Waals surface area (Å²) in [6.07, 6.45) is -0.419. The standard InChI is InChI=1S/C16H32N2O4S/c1-13-9-18(7-8-23(20,21)10-13)12-16(5,6)11-17-14(19)22-15(2,3)4/h13H,7-12H2,1-6H3,(H,17,19). The van der Waals surface area contributed by atoms with Crippen LogP contribution in [0.4, 0.5) is 4.79 Å². The Morgan fingerprint density at radius 1 is 1.26 bits per heavy atom. The lowest BCUT2D eigenvalue weighted by Gasteiger charge is -2.33. The minimum Gasteiger partial charge on any atom is -0.444 e. The summed E-state index contributed by atoms with van der Waals surface area (Å²) in [5.74, 6) is 0.615. The molecule has 1 amide bonds. The SMILES string of the molecule is CC1CN(CC(C)(C)CNC(=O)OC(C)(C)C)CCS(=O)(=O)C1. The van der Waals surface area contributed by atoms with Crippen molar-refractivity contribution in [1.29, 1.82) is 0 Å². The van der Waals surface area contributed by atoms with Gasteiger partial charge in [-0.3, -0.25) is 0 Å². The summed E-state index contributed by atoms with van der Waals surface area (Å²) < 4.78 is 28.9. The topological polar surface area (TPSA) is 75.7 Å². The molecule has 0 aliphatic carbocycles. The van der Waals surface area contributed by atoms with Crippen LogP contribution in [0.3, 0.4) is 0 Å². The second-order valence-corrected chi connectivity index (χ2v) is 10.7. The second kappa shape index (κ2) is 7.38. The van der Waals surface area contributed by atoms with Gasteiger partial charge in [-0.05, 0) is 32.1 Å². The fourth-order valence-electron chi connectivity index (χ4n) is 2.80. The fraction of sp³-hybridized carbons (Fsp3) is 0.938. The van der Waals surface area contributed by atoms with Crippen molar-refractivity contribution in [2.75, 3.05) is 37.7 Å². The van der Waals surface area contributed by atoms with Gasteiger partial charge in [-0.2, -0.15) is 0 Å². The third kappa shape index (κ3) is 8.55. The Hall–Kier alpha value is -0.820. The molecule has 0 aromatic rings. The molecule has 1 aliphatic heterocycles. The number of ether oxygens (including phenoxy) is 1. The average Bonchev–Trinajstić information content (AvgIpc) is 2.42. The number of sulfone groups is 1. The minimum absolute atomic E-state index is 0.136. The summed E-state index contributed by atoms with van der Waals surface area (Å²) >= 11 is 0. The highest BCUT2D eigenvalue weighted by atomic mass is 32.2. The van der Waals surface area contributed by atoms with Crippen LogP contribution in [-0.4, -0.2) is 62.7 Å². The first-order valence-corrected chi connectivity index (χ1v) is 10.00. The Bertz CT molecular complexity index is 509. The number of nitrogens with one attached hydrogen (secondary N) is 1. The van der Waals surface area contributed by atoms with Gasteiger partial charge in [0.05, 0.1) is 11.5 Å². The molecule has 0 spiro atoms. The van der Waals surface area contributed by atoms with Crippen LogP contribution in [0.2, 0.25) is 0 Å². The maximum Gasteiger partial charge on any atom is 0.407 e. The highest BCUT2D eigenvalue weighted by molar-refractivity contribution is 7.91. The predicted molar refractivity (Wildman–Crippen MR) is 92.3 cm³/mol. The third-order valence-electron chi connectivity index (χ3n) is 3.59. The highest BCUT2D eigenvalue weighted by Crippen LogP contribution is 2.19. The first-order valence-electron chi connectivity index (χ1n) is 8.18. The van der Waals surface area contributed by atoms with Crippen LogP contribution in [0.5, 0.6) is 0 Å². The molecular formula is C16H32N2O4S. The quantitative estimate of drug-likeness (QED) is 0.840. The van der Waals surface area contributed by atoms with Crippen LogP contribution in [0.15, 0.2) is 0 Å². The summed E-state index contributed by atoms with van der Waals surface area (Å²) in [5, 5.41) is 2.81. The molecule has 23 heavy (non-hydrogen) atoms. The van der Waals surface area contributed by atoms with E-state index in [0.717, 1.165) is 13.1 Å². The average molecular weight is 349 g/mol. The van der Waals surface area contributed by atoms with E-state index in [1.807, 2.05) is 27.7 Å². The van der Waals surface area contributed by atoms with Crippen molar-refractivity contribution in [2.24, 2.45) is 11.3 Å². The Kier molecular flexibility index (Phi) is 6.49. The van der Waals surface area contributed by atoms with Crippen molar-refractivity contribution >= 4 is 15.9 Å². The number of rotatable bonds is 4. The first kappa shape index (κ1) is 20.2. The number of hydrogen-bond acceptors (Lipinski definition) is 5. The molecule has 6 nitrogen and oxygen atoms in total. The van der Waals surface area contributed by atoms with Gasteiger partial charge in [-0.1, -0.05) is 20.8 Å². The molecule has 0 radical (unpaired) electrons. The molecule has 1 saturated heterocycles. The van der Waals surface area contributed by atoms with E-state index >= 15 is 0 Å². The fourth-order valence-corrected chi connectivity index (χ4v) is 4.48. The summed E-state index contributed by atoms with van der Waals surface area (Å²) in [6.45, 7) is 14.1. The molecular weight excluding hydrogens is 316 g/mol. The van der Waals surface area contributed by atoms with E-state index in [0.29, 0.717) is 13.1 Å². The molecule has 7 heteroatoms. The van der Waals surface area contributed by atoms with E-state index < -0.39 is 21.5 Å². The van der Waals surface area contributed by atoms with Gasteiger partial charge in [-0.25, -0.2) is 13.2 Å². The monoisotopic (exact) mass is 348 g/mol. The Morgan fingerprint density at radius 2 is 1.87 bits per heavy atom. The van der Waals surface area contributed by atoms with Gasteiger partial charge >= 0.3 is 6.09 Å². The minimum atomic E-state index is -2.93. The maximum atomic E-state index is 11.8. The molecule has 0 aromatic carbocycles. The Morgan fingerprint density at radius 3 is 2.43 bits per heavy atom. The van der Waals surface area contributed by atoms with Crippen molar-refractivity contribution < 1.29 is 17.9 Å². The predicted octanol–water partition coefficient (Wildman–Crippen LogP) is 1.90. The molecule has 0 bridgehead atoms. The van der Waals surface area contributed by atoms with Gasteiger partial charge in [0.25, 0.3) is 0 Å². The summed E-state index contributed by atoms with van der Waals surface area (Å²) in [6, 6.07) is 0. The van der Waals surface area contributed by atoms with E-state index in [4.69, 9.17) is 4.74 Å². The van der Waals surface area contributed by atoms with Crippen molar-refractivity contribution in [3.63, 3.8) is 0 Å². The third-order valence-corrected chi connectivity index (χ3v) is 5.47. The van der Waals surface area contributed by atoms with E-state index in [9.17, 15) is 13.2 Å². The van der Waals surface area contributed by atoms with Gasteiger partial charge < -0.3 is 15.0 Å². The van der Waals surface area contributed by atoms with Crippen LogP contribution in [0, 0.1) is 11.3 Å². The summed E-state index contributed by atoms with van der Waals surface area (Å²) in [7, 11) is -2.93. The molecule has 1 atom stereocenters. The Labute approximate surface area is 140 Å². The first-order chi connectivity index (χ1) is 10.3. The van der Waals surface area contributed by atoms with Gasteiger partial charge in [0, 0.05) is 26.2 Å². The van der Waals surface area contributed by atoms with Crippen molar-refractivity contribution in [3.8, 4) is 0 Å². The van der Waals surface area contributed by atoms with Crippen molar-refractivity contribution in [3.05, 3.63) is 0 Å². The molecule has 1 fully saturated rings. The molecule has 136 valence electrons. The number of nitrogens with zero attached hydrogens (tertiary/aromatic N) is 1. The summed E-state index contributed by atoms with van der Waals surface area (Å²) in [5.41, 5.74) is -0.673. The highest BCUT2D eigenvalue weighted by Gasteiger charge is 2.29. The molecule has 1 aliphatic rings. The number of carbonyl (C=O) groups excluding carboxylic acids is 1. The number of amides is 1. The zero-order valence-corrected chi connectivity index (χ0v) is 16.1. The van der Waals surface area contributed by atoms with Crippen LogP contribution in [0.25, 0.3) is 0 Å². The van der Waals surface area contributed by atoms with Gasteiger partial charge in [0.2, 0.25) is 0 Å².